The van der Waals surface area contributed by atoms with E-state index in [2.05, 4.69) is 10.3 Å². The minimum Gasteiger partial charge on any atom is -0.507 e. The van der Waals surface area contributed by atoms with Gasteiger partial charge in [0.15, 0.2) is 0 Å². The molecule has 0 bridgehead atoms. The van der Waals surface area contributed by atoms with Crippen molar-refractivity contribution in [2.75, 3.05) is 12.4 Å². The van der Waals surface area contributed by atoms with E-state index in [0.717, 1.165) is 0 Å². The van der Waals surface area contributed by atoms with Crippen LogP contribution in [0, 0.1) is 6.92 Å². The Bertz CT molecular complexity index is 705. The Labute approximate surface area is 120 Å². The van der Waals surface area contributed by atoms with Gasteiger partial charge in [0.05, 0.1) is 18.4 Å². The first-order valence-corrected chi connectivity index (χ1v) is 6.03. The number of aryl methyl sites for hydroxylation is 1. The number of hydrogen-bond donors (Lipinski definition) is 4. The molecule has 2 aromatic rings. The van der Waals surface area contributed by atoms with Gasteiger partial charge in [-0.25, -0.2) is 4.79 Å². The number of aromatic nitrogens is 1. The molecule has 4 N–H and O–H groups in total. The fraction of sp³-hybridized carbons (Fsp3) is 0.143. The van der Waals surface area contributed by atoms with E-state index in [4.69, 9.17) is 9.84 Å². The number of nitrogens with one attached hydrogen (secondary N) is 2. The highest BCUT2D eigenvalue weighted by molar-refractivity contribution is 6.09. The molecule has 7 nitrogen and oxygen atoms in total. The molecule has 0 aliphatic rings. The quantitative estimate of drug-likeness (QED) is 0.688. The Kier molecular flexibility index (Phi) is 3.84. The molecule has 7 heteroatoms. The summed E-state index contributed by atoms with van der Waals surface area (Å²) in [6.07, 6.45) is 1.39. The number of aromatic carboxylic acids is 1. The van der Waals surface area contributed by atoms with Gasteiger partial charge >= 0.3 is 5.97 Å². The third kappa shape index (κ3) is 2.81. The molecule has 21 heavy (non-hydrogen) atoms. The van der Waals surface area contributed by atoms with Gasteiger partial charge in [-0.3, -0.25) is 4.79 Å². The van der Waals surface area contributed by atoms with Crippen molar-refractivity contribution < 1.29 is 24.5 Å². The lowest BCUT2D eigenvalue weighted by molar-refractivity contribution is 0.0697. The lowest BCUT2D eigenvalue weighted by Gasteiger charge is -2.08. The van der Waals surface area contributed by atoms with E-state index in [0.29, 0.717) is 11.4 Å². The third-order valence-electron chi connectivity index (χ3n) is 2.99. The number of hydrogen-bond acceptors (Lipinski definition) is 4. The lowest BCUT2D eigenvalue weighted by atomic mass is 10.1. The van der Waals surface area contributed by atoms with Crippen molar-refractivity contribution in [2.45, 2.75) is 6.92 Å². The largest absolute Gasteiger partial charge is 0.507 e. The van der Waals surface area contributed by atoms with Gasteiger partial charge in [-0.15, -0.1) is 0 Å². The molecule has 0 atom stereocenters. The highest BCUT2D eigenvalue weighted by Crippen LogP contribution is 2.25. The second-order valence-electron chi connectivity index (χ2n) is 4.34. The van der Waals surface area contributed by atoms with E-state index in [9.17, 15) is 14.7 Å². The average molecular weight is 290 g/mol. The van der Waals surface area contributed by atoms with E-state index in [1.807, 2.05) is 0 Å². The number of rotatable bonds is 4. The van der Waals surface area contributed by atoms with Crippen molar-refractivity contribution in [3.63, 3.8) is 0 Å². The Balaban J connectivity index is 2.28. The number of aromatic amines is 1. The van der Waals surface area contributed by atoms with Crippen LogP contribution in [0.3, 0.4) is 0 Å². The van der Waals surface area contributed by atoms with Crippen LogP contribution in [0.2, 0.25) is 0 Å². The Morgan fingerprint density at radius 3 is 2.62 bits per heavy atom. The number of carbonyl (C=O) groups is 2. The van der Waals surface area contributed by atoms with Gasteiger partial charge in [-0.1, -0.05) is 0 Å². The fourth-order valence-corrected chi connectivity index (χ4v) is 1.92. The van der Waals surface area contributed by atoms with E-state index in [1.165, 1.54) is 31.5 Å². The smallest absolute Gasteiger partial charge is 0.339 e. The zero-order chi connectivity index (χ0) is 15.6. The Morgan fingerprint density at radius 1 is 1.33 bits per heavy atom. The van der Waals surface area contributed by atoms with Crippen LogP contribution in [0.1, 0.15) is 26.4 Å². The monoisotopic (exact) mass is 290 g/mol. The van der Waals surface area contributed by atoms with Crippen LogP contribution in [0.15, 0.2) is 24.4 Å². The predicted octanol–water partition coefficient (Wildman–Crippen LogP) is 1.99. The van der Waals surface area contributed by atoms with Gasteiger partial charge < -0.3 is 25.3 Å². The van der Waals surface area contributed by atoms with Crippen molar-refractivity contribution in [3.8, 4) is 11.5 Å². The van der Waals surface area contributed by atoms with Crippen molar-refractivity contribution in [1.82, 2.24) is 4.98 Å². The number of H-pyrrole nitrogens is 1. The number of ether oxygens (including phenoxy) is 1. The molecule has 0 unspecified atom stereocenters. The molecule has 0 aliphatic heterocycles. The van der Waals surface area contributed by atoms with E-state index in [1.54, 1.807) is 6.92 Å². The number of methoxy groups -OCH3 is 1. The summed E-state index contributed by atoms with van der Waals surface area (Å²) >= 11 is 0. The van der Waals surface area contributed by atoms with Crippen molar-refractivity contribution in [1.29, 1.82) is 0 Å². The summed E-state index contributed by atoms with van der Waals surface area (Å²) in [5, 5.41) is 21.3. The first kappa shape index (κ1) is 14.4. The molecule has 1 aromatic carbocycles. The maximum absolute atomic E-state index is 12.1. The summed E-state index contributed by atoms with van der Waals surface area (Å²) in [7, 11) is 1.44. The molecular formula is C14H14N2O5. The van der Waals surface area contributed by atoms with Gasteiger partial charge in [0.25, 0.3) is 5.91 Å². The normalized spacial score (nSPS) is 10.2. The zero-order valence-corrected chi connectivity index (χ0v) is 11.4. The minimum atomic E-state index is -1.15. The zero-order valence-electron chi connectivity index (χ0n) is 11.4. The van der Waals surface area contributed by atoms with Crippen LogP contribution >= 0.6 is 0 Å². The summed E-state index contributed by atoms with van der Waals surface area (Å²) in [5.41, 5.74) is 0.569. The summed E-state index contributed by atoms with van der Waals surface area (Å²) in [4.78, 5) is 26.0. The number of benzene rings is 1. The van der Waals surface area contributed by atoms with Crippen molar-refractivity contribution >= 4 is 17.6 Å². The second kappa shape index (κ2) is 5.58. The van der Waals surface area contributed by atoms with Crippen molar-refractivity contribution in [2.24, 2.45) is 0 Å². The number of carbonyl (C=O) groups excluding carboxylic acids is 1. The second-order valence-corrected chi connectivity index (χ2v) is 4.34. The SMILES string of the molecule is COc1ccc(C(=O)Nc2c[nH]c(C)c2C(=O)O)c(O)c1. The minimum absolute atomic E-state index is 0.0173. The van der Waals surface area contributed by atoms with Gasteiger partial charge in [0.2, 0.25) is 0 Å². The van der Waals surface area contributed by atoms with E-state index < -0.39 is 11.9 Å². The van der Waals surface area contributed by atoms with Crippen LogP contribution in [-0.4, -0.2) is 34.2 Å². The molecule has 0 saturated heterocycles. The Morgan fingerprint density at radius 2 is 2.05 bits per heavy atom. The highest BCUT2D eigenvalue weighted by Gasteiger charge is 2.19. The molecule has 1 heterocycles. The standard InChI is InChI=1S/C14H14N2O5/c1-7-12(14(19)20)10(6-15-7)16-13(18)9-4-3-8(21-2)5-11(9)17/h3-6,15,17H,1-2H3,(H,16,18)(H,19,20). The summed E-state index contributed by atoms with van der Waals surface area (Å²) < 4.78 is 4.93. The molecule has 0 radical (unpaired) electrons. The summed E-state index contributed by atoms with van der Waals surface area (Å²) in [6.45, 7) is 1.59. The summed E-state index contributed by atoms with van der Waals surface area (Å²) in [6, 6.07) is 4.22. The predicted molar refractivity (Wildman–Crippen MR) is 75.1 cm³/mol. The topological polar surface area (TPSA) is 112 Å². The number of phenolic OH excluding ortho intramolecular Hbond substituents is 1. The fourth-order valence-electron chi connectivity index (χ4n) is 1.92. The number of carboxylic acids is 1. The van der Waals surface area contributed by atoms with E-state index in [-0.39, 0.29) is 22.6 Å². The first-order chi connectivity index (χ1) is 9.93. The molecule has 1 amide bonds. The molecule has 0 spiro atoms. The maximum atomic E-state index is 12.1. The number of aromatic hydroxyl groups is 1. The molecular weight excluding hydrogens is 276 g/mol. The number of carboxylic acid groups (broad SMARTS) is 1. The number of anilines is 1. The van der Waals surface area contributed by atoms with E-state index >= 15 is 0 Å². The van der Waals surface area contributed by atoms with Crippen LogP contribution in [0.25, 0.3) is 0 Å². The molecule has 0 saturated carbocycles. The highest BCUT2D eigenvalue weighted by atomic mass is 16.5. The average Bonchev–Trinajstić information content (AvgIpc) is 2.79. The van der Waals surface area contributed by atoms with Crippen LogP contribution < -0.4 is 10.1 Å². The molecule has 0 fully saturated rings. The molecule has 1 aromatic heterocycles. The van der Waals surface area contributed by atoms with Crippen LogP contribution in [0.4, 0.5) is 5.69 Å². The number of phenols is 1. The van der Waals surface area contributed by atoms with Gasteiger partial charge in [0, 0.05) is 18.0 Å². The van der Waals surface area contributed by atoms with Crippen LogP contribution in [-0.2, 0) is 0 Å². The molecule has 0 aliphatic carbocycles. The van der Waals surface area contributed by atoms with Gasteiger partial charge in [0.1, 0.15) is 17.1 Å². The van der Waals surface area contributed by atoms with Crippen molar-refractivity contribution in [3.05, 3.63) is 41.2 Å². The molecule has 110 valence electrons. The third-order valence-corrected chi connectivity index (χ3v) is 2.99. The van der Waals surface area contributed by atoms with Crippen LogP contribution in [0.5, 0.6) is 11.5 Å². The lowest BCUT2D eigenvalue weighted by Crippen LogP contribution is -2.14. The number of amides is 1. The summed E-state index contributed by atoms with van der Waals surface area (Å²) in [5.74, 6) is -1.61. The maximum Gasteiger partial charge on any atom is 0.339 e. The Hall–Kier alpha value is -2.96. The molecule has 2 rings (SSSR count). The first-order valence-electron chi connectivity index (χ1n) is 6.03. The van der Waals surface area contributed by atoms with Gasteiger partial charge in [-0.2, -0.15) is 0 Å². The van der Waals surface area contributed by atoms with Gasteiger partial charge in [-0.05, 0) is 19.1 Å².